The first-order valence-electron chi connectivity index (χ1n) is 4.77. The summed E-state index contributed by atoms with van der Waals surface area (Å²) in [4.78, 5) is 0. The average Bonchev–Trinajstić information content (AvgIpc) is 2.66. The van der Waals surface area contributed by atoms with Crippen LogP contribution in [0.25, 0.3) is 0 Å². The van der Waals surface area contributed by atoms with Gasteiger partial charge in [-0.25, -0.2) is 0 Å². The van der Waals surface area contributed by atoms with Crippen LogP contribution < -0.4 is 24.0 Å². The third-order valence-corrected chi connectivity index (χ3v) is 4.06. The lowest BCUT2D eigenvalue weighted by Gasteiger charge is -2.44. The maximum Gasteiger partial charge on any atom is 0.142 e. The second-order valence-corrected chi connectivity index (χ2v) is 4.95. The summed E-state index contributed by atoms with van der Waals surface area (Å²) >= 11 is 0. The number of aliphatic hydroxyl groups excluding tert-OH is 1. The average molecular weight is 297 g/mol. The van der Waals surface area contributed by atoms with Crippen molar-refractivity contribution in [2.75, 3.05) is 14.1 Å². The minimum atomic E-state index is -0.0671. The third kappa shape index (κ3) is 1.19. The molecule has 1 N–H and O–H groups in total. The molecule has 0 unspecified atom stereocenters. The van der Waals surface area contributed by atoms with E-state index in [4.69, 9.17) is 4.74 Å². The largest absolute Gasteiger partial charge is 1.00 e. The number of nitrogens with zero attached hydrogens (tertiary/aromatic N) is 1. The molecular formula is C9H16INO2. The second kappa shape index (κ2) is 2.81. The van der Waals surface area contributed by atoms with Crippen LogP contribution in [0.1, 0.15) is 12.8 Å². The zero-order valence-electron chi connectivity index (χ0n) is 7.98. The van der Waals surface area contributed by atoms with Gasteiger partial charge in [-0.15, -0.1) is 0 Å². The Morgan fingerprint density at radius 3 is 2.08 bits per heavy atom. The van der Waals surface area contributed by atoms with Gasteiger partial charge in [0.1, 0.15) is 24.3 Å². The molecule has 0 aliphatic carbocycles. The summed E-state index contributed by atoms with van der Waals surface area (Å²) < 4.78 is 6.65. The van der Waals surface area contributed by atoms with E-state index >= 15 is 0 Å². The molecule has 4 heteroatoms. The predicted molar refractivity (Wildman–Crippen MR) is 43.6 cm³/mol. The monoisotopic (exact) mass is 297 g/mol. The number of epoxide rings is 1. The minimum absolute atomic E-state index is 0. The van der Waals surface area contributed by atoms with E-state index in [1.165, 1.54) is 0 Å². The minimum Gasteiger partial charge on any atom is -1.00 e. The molecule has 0 saturated carbocycles. The zero-order chi connectivity index (χ0) is 8.51. The second-order valence-electron chi connectivity index (χ2n) is 4.95. The number of fused-ring (bicyclic) bond motifs is 5. The Morgan fingerprint density at radius 2 is 1.62 bits per heavy atom. The van der Waals surface area contributed by atoms with Gasteiger partial charge in [-0.3, -0.25) is 0 Å². The topological polar surface area (TPSA) is 32.8 Å². The Hall–Kier alpha value is 0.610. The van der Waals surface area contributed by atoms with E-state index in [0.717, 1.165) is 17.3 Å². The molecule has 0 radical (unpaired) electrons. The lowest BCUT2D eigenvalue weighted by Crippen LogP contribution is -3.00. The fourth-order valence-electron chi connectivity index (χ4n) is 3.22. The molecule has 0 aromatic rings. The molecule has 76 valence electrons. The third-order valence-electron chi connectivity index (χ3n) is 4.06. The summed E-state index contributed by atoms with van der Waals surface area (Å²) in [5, 5.41) is 9.60. The lowest BCUT2D eigenvalue weighted by molar-refractivity contribution is -0.938. The lowest BCUT2D eigenvalue weighted by atomic mass is 9.97. The van der Waals surface area contributed by atoms with E-state index < -0.39 is 0 Å². The maximum atomic E-state index is 9.60. The van der Waals surface area contributed by atoms with Gasteiger partial charge in [0.15, 0.2) is 0 Å². The van der Waals surface area contributed by atoms with Gasteiger partial charge in [-0.2, -0.15) is 0 Å². The van der Waals surface area contributed by atoms with Gasteiger partial charge in [0, 0.05) is 12.8 Å². The Balaban J connectivity index is 0.000000653. The van der Waals surface area contributed by atoms with Gasteiger partial charge in [-0.1, -0.05) is 0 Å². The van der Waals surface area contributed by atoms with Crippen LogP contribution in [0.2, 0.25) is 0 Å². The Bertz CT molecular complexity index is 214. The molecule has 13 heavy (non-hydrogen) atoms. The van der Waals surface area contributed by atoms with Crippen LogP contribution >= 0.6 is 0 Å². The first kappa shape index (κ1) is 10.1. The van der Waals surface area contributed by atoms with Gasteiger partial charge in [0.2, 0.25) is 0 Å². The Morgan fingerprint density at radius 1 is 1.15 bits per heavy atom. The van der Waals surface area contributed by atoms with Gasteiger partial charge in [0.05, 0.1) is 20.2 Å². The summed E-state index contributed by atoms with van der Waals surface area (Å²) in [5.41, 5.74) is 0. The van der Waals surface area contributed by atoms with Crippen molar-refractivity contribution in [1.82, 2.24) is 0 Å². The first-order valence-corrected chi connectivity index (χ1v) is 4.77. The van der Waals surface area contributed by atoms with Gasteiger partial charge < -0.3 is 38.3 Å². The molecule has 3 heterocycles. The standard InChI is InChI=1S/C9H16NO2.HI/c1-10(2)6-3-5(11)4-7(10)9-8(6)12-9;/h5-9,11H,3-4H2,1-2H3;1H/q+1;/p-1/t5-,6-,7+,8-,9+;. The van der Waals surface area contributed by atoms with Crippen molar-refractivity contribution in [3.63, 3.8) is 0 Å². The van der Waals surface area contributed by atoms with Gasteiger partial charge >= 0.3 is 0 Å². The van der Waals surface area contributed by atoms with E-state index in [9.17, 15) is 5.11 Å². The van der Waals surface area contributed by atoms with E-state index in [2.05, 4.69) is 14.1 Å². The molecule has 3 nitrogen and oxygen atoms in total. The number of likely N-dealkylation sites (N-methyl/N-ethyl adjacent to an activating group) is 1. The number of hydrogen-bond acceptors (Lipinski definition) is 2. The fraction of sp³-hybridized carbons (Fsp3) is 1.00. The zero-order valence-corrected chi connectivity index (χ0v) is 10.1. The van der Waals surface area contributed by atoms with Crippen molar-refractivity contribution >= 4 is 0 Å². The number of rotatable bonds is 0. The molecule has 3 rings (SSSR count). The van der Waals surface area contributed by atoms with Crippen molar-refractivity contribution < 1.29 is 38.3 Å². The highest BCUT2D eigenvalue weighted by atomic mass is 127. The maximum absolute atomic E-state index is 9.60. The highest BCUT2D eigenvalue weighted by molar-refractivity contribution is 5.07. The highest BCUT2D eigenvalue weighted by Crippen LogP contribution is 2.50. The van der Waals surface area contributed by atoms with Crippen LogP contribution in [0.3, 0.4) is 0 Å². The molecule has 0 spiro atoms. The highest BCUT2D eigenvalue weighted by Gasteiger charge is 2.70. The normalized spacial score (nSPS) is 55.2. The van der Waals surface area contributed by atoms with Gasteiger partial charge in [-0.05, 0) is 0 Å². The van der Waals surface area contributed by atoms with Crippen LogP contribution in [-0.2, 0) is 4.74 Å². The van der Waals surface area contributed by atoms with Crippen LogP contribution in [0.15, 0.2) is 0 Å². The Labute approximate surface area is 95.7 Å². The summed E-state index contributed by atoms with van der Waals surface area (Å²) in [7, 11) is 4.55. The predicted octanol–water partition coefficient (Wildman–Crippen LogP) is -3.26. The van der Waals surface area contributed by atoms with E-state index in [-0.39, 0.29) is 30.1 Å². The number of piperidine rings is 1. The SMILES string of the molecule is C[N+]1(C)[C@@H]2C[C@@H](O)C[C@H]1[C@@H]1O[C@@H]12.[I-]. The smallest absolute Gasteiger partial charge is 0.142 e. The van der Waals surface area contributed by atoms with E-state index in [1.54, 1.807) is 0 Å². The molecule has 0 aromatic heterocycles. The molecular weight excluding hydrogens is 281 g/mol. The fourth-order valence-corrected chi connectivity index (χ4v) is 3.22. The number of hydrogen-bond donors (Lipinski definition) is 1. The van der Waals surface area contributed by atoms with Crippen LogP contribution in [-0.4, -0.2) is 54.1 Å². The summed E-state index contributed by atoms with van der Waals surface area (Å²) in [5.74, 6) is 0. The summed E-state index contributed by atoms with van der Waals surface area (Å²) in [6.45, 7) is 0. The van der Waals surface area contributed by atoms with Crippen molar-refractivity contribution in [2.24, 2.45) is 0 Å². The number of aliphatic hydroxyl groups is 1. The van der Waals surface area contributed by atoms with Crippen molar-refractivity contribution in [2.45, 2.75) is 43.2 Å². The van der Waals surface area contributed by atoms with Crippen LogP contribution in [0.4, 0.5) is 0 Å². The van der Waals surface area contributed by atoms with Crippen LogP contribution in [0, 0.1) is 0 Å². The van der Waals surface area contributed by atoms with E-state index in [1.807, 2.05) is 0 Å². The summed E-state index contributed by atoms with van der Waals surface area (Å²) in [6.07, 6.45) is 2.75. The summed E-state index contributed by atoms with van der Waals surface area (Å²) in [6, 6.07) is 1.12. The van der Waals surface area contributed by atoms with E-state index in [0.29, 0.717) is 24.3 Å². The molecule has 3 fully saturated rings. The number of halogens is 1. The van der Waals surface area contributed by atoms with Crippen LogP contribution in [0.5, 0.6) is 0 Å². The number of ether oxygens (including phenoxy) is 1. The Kier molecular flexibility index (Phi) is 2.19. The molecule has 0 aromatic carbocycles. The first-order chi connectivity index (χ1) is 5.60. The molecule has 3 aliphatic rings. The molecule has 3 aliphatic heterocycles. The number of morpholine rings is 1. The van der Waals surface area contributed by atoms with Gasteiger partial charge in [0.25, 0.3) is 0 Å². The molecule has 2 bridgehead atoms. The van der Waals surface area contributed by atoms with Crippen molar-refractivity contribution in [3.8, 4) is 0 Å². The quantitative estimate of drug-likeness (QED) is 0.289. The molecule has 3 saturated heterocycles. The van der Waals surface area contributed by atoms with Crippen molar-refractivity contribution in [1.29, 1.82) is 0 Å². The van der Waals surface area contributed by atoms with Crippen molar-refractivity contribution in [3.05, 3.63) is 0 Å². The number of quaternary nitrogens is 1. The molecule has 5 atom stereocenters. The molecule has 0 amide bonds.